The zero-order chi connectivity index (χ0) is 18.0. The largest absolute Gasteiger partial charge is 0.325 e. The van der Waals surface area contributed by atoms with Crippen LogP contribution in [0.3, 0.4) is 0 Å². The average Bonchev–Trinajstić information content (AvgIpc) is 3.15. The number of hydrogen-bond acceptors (Lipinski definition) is 4. The first-order chi connectivity index (χ1) is 12.0. The molecule has 3 rings (SSSR count). The summed E-state index contributed by atoms with van der Waals surface area (Å²) < 4.78 is 0.834. The number of imide groups is 1. The zero-order valence-corrected chi connectivity index (χ0v) is 15.7. The molecule has 25 heavy (non-hydrogen) atoms. The molecule has 0 bridgehead atoms. The predicted molar refractivity (Wildman–Crippen MR) is 96.0 cm³/mol. The van der Waals surface area contributed by atoms with Crippen LogP contribution in [-0.2, 0) is 9.59 Å². The number of aromatic nitrogens is 1. The molecule has 134 valence electrons. The number of halogens is 1. The molecule has 0 unspecified atom stereocenters. The van der Waals surface area contributed by atoms with E-state index >= 15 is 0 Å². The summed E-state index contributed by atoms with van der Waals surface area (Å²) in [6.45, 7) is 2.43. The van der Waals surface area contributed by atoms with Gasteiger partial charge in [0.15, 0.2) is 0 Å². The van der Waals surface area contributed by atoms with Crippen LogP contribution >= 0.6 is 15.9 Å². The average molecular weight is 409 g/mol. The highest BCUT2D eigenvalue weighted by Gasteiger charge is 2.52. The van der Waals surface area contributed by atoms with Gasteiger partial charge in [0, 0.05) is 30.2 Å². The van der Waals surface area contributed by atoms with Gasteiger partial charge in [-0.05, 0) is 47.8 Å². The summed E-state index contributed by atoms with van der Waals surface area (Å²) in [4.78, 5) is 44.3. The van der Waals surface area contributed by atoms with E-state index in [9.17, 15) is 14.4 Å². The van der Waals surface area contributed by atoms with Crippen LogP contribution < -0.4 is 10.2 Å². The standard InChI is InChI=1S/C17H21BrN4O3/c1-2-21(13-6-5-12(18)11-19-13)14(23)7-10-22-15(24)17(20-16(22)25)8-3-4-9-17/h5-6,11H,2-4,7-10H2,1H3,(H,20,25). The molecule has 7 nitrogen and oxygen atoms in total. The number of carbonyl (C=O) groups is 3. The van der Waals surface area contributed by atoms with Crippen molar-refractivity contribution in [3.8, 4) is 0 Å². The monoisotopic (exact) mass is 408 g/mol. The van der Waals surface area contributed by atoms with E-state index in [1.807, 2.05) is 13.0 Å². The molecule has 1 N–H and O–H groups in total. The SMILES string of the molecule is CCN(C(=O)CCN1C(=O)NC2(CCCC2)C1=O)c1ccc(Br)cn1. The fourth-order valence-electron chi connectivity index (χ4n) is 3.53. The molecule has 4 amide bonds. The van der Waals surface area contributed by atoms with Crippen LogP contribution in [0.4, 0.5) is 10.6 Å². The molecule has 1 saturated heterocycles. The van der Waals surface area contributed by atoms with Gasteiger partial charge in [-0.15, -0.1) is 0 Å². The van der Waals surface area contributed by atoms with Gasteiger partial charge in [-0.25, -0.2) is 9.78 Å². The van der Waals surface area contributed by atoms with Crippen molar-refractivity contribution in [1.29, 1.82) is 0 Å². The molecule has 1 saturated carbocycles. The lowest BCUT2D eigenvalue weighted by Crippen LogP contribution is -2.44. The second kappa shape index (κ2) is 7.11. The van der Waals surface area contributed by atoms with Gasteiger partial charge < -0.3 is 5.32 Å². The predicted octanol–water partition coefficient (Wildman–Crippen LogP) is 2.45. The smallest absolute Gasteiger partial charge is 0.323 e. The normalized spacial score (nSPS) is 18.7. The number of nitrogens with one attached hydrogen (secondary N) is 1. The van der Waals surface area contributed by atoms with Gasteiger partial charge in [-0.3, -0.25) is 19.4 Å². The van der Waals surface area contributed by atoms with Crippen LogP contribution in [0.2, 0.25) is 0 Å². The maximum atomic E-state index is 12.6. The molecular weight excluding hydrogens is 388 g/mol. The number of rotatable bonds is 5. The summed E-state index contributed by atoms with van der Waals surface area (Å²) in [5, 5.41) is 2.83. The number of carbonyl (C=O) groups excluding carboxylic acids is 3. The molecule has 2 heterocycles. The van der Waals surface area contributed by atoms with Gasteiger partial charge in [0.05, 0.1) is 0 Å². The summed E-state index contributed by atoms with van der Waals surface area (Å²) >= 11 is 3.32. The summed E-state index contributed by atoms with van der Waals surface area (Å²) in [7, 11) is 0. The molecule has 0 atom stereocenters. The van der Waals surface area contributed by atoms with Crippen LogP contribution in [0, 0.1) is 0 Å². The molecule has 2 fully saturated rings. The minimum Gasteiger partial charge on any atom is -0.323 e. The molecule has 1 aliphatic heterocycles. The number of nitrogens with zero attached hydrogens (tertiary/aromatic N) is 3. The summed E-state index contributed by atoms with van der Waals surface area (Å²) in [5.74, 6) is 0.207. The third kappa shape index (κ3) is 3.40. The van der Waals surface area contributed by atoms with Crippen molar-refractivity contribution in [3.63, 3.8) is 0 Å². The lowest BCUT2D eigenvalue weighted by Gasteiger charge is -2.22. The van der Waals surface area contributed by atoms with Crippen molar-refractivity contribution >= 4 is 39.6 Å². The molecule has 0 aromatic carbocycles. The molecule has 8 heteroatoms. The Hall–Kier alpha value is -1.96. The minimum atomic E-state index is -0.724. The maximum absolute atomic E-state index is 12.6. The number of urea groups is 1. The highest BCUT2D eigenvalue weighted by molar-refractivity contribution is 9.10. The molecule has 1 aliphatic carbocycles. The van der Waals surface area contributed by atoms with Crippen LogP contribution in [0.5, 0.6) is 0 Å². The van der Waals surface area contributed by atoms with E-state index in [1.165, 1.54) is 4.90 Å². The van der Waals surface area contributed by atoms with Gasteiger partial charge in [-0.2, -0.15) is 0 Å². The van der Waals surface area contributed by atoms with E-state index < -0.39 is 5.54 Å². The Morgan fingerprint density at radius 3 is 2.68 bits per heavy atom. The highest BCUT2D eigenvalue weighted by atomic mass is 79.9. The van der Waals surface area contributed by atoms with Crippen molar-refractivity contribution < 1.29 is 14.4 Å². The molecule has 1 aromatic heterocycles. The second-order valence-corrected chi connectivity index (χ2v) is 7.31. The highest BCUT2D eigenvalue weighted by Crippen LogP contribution is 2.35. The van der Waals surface area contributed by atoms with E-state index in [-0.39, 0.29) is 30.8 Å². The molecular formula is C17H21BrN4O3. The van der Waals surface area contributed by atoms with Crippen molar-refractivity contribution in [1.82, 2.24) is 15.2 Å². The van der Waals surface area contributed by atoms with Gasteiger partial charge in [0.25, 0.3) is 5.91 Å². The second-order valence-electron chi connectivity index (χ2n) is 6.40. The van der Waals surface area contributed by atoms with Gasteiger partial charge in [-0.1, -0.05) is 12.8 Å². The summed E-state index contributed by atoms with van der Waals surface area (Å²) in [6, 6.07) is 3.19. The van der Waals surface area contributed by atoms with Crippen molar-refractivity contribution in [3.05, 3.63) is 22.8 Å². The van der Waals surface area contributed by atoms with Crippen molar-refractivity contribution in [2.45, 2.75) is 44.6 Å². The van der Waals surface area contributed by atoms with E-state index in [4.69, 9.17) is 0 Å². The maximum Gasteiger partial charge on any atom is 0.325 e. The Bertz CT molecular complexity index is 686. The van der Waals surface area contributed by atoms with Gasteiger partial charge in [0.2, 0.25) is 5.91 Å². The van der Waals surface area contributed by atoms with Crippen molar-refractivity contribution in [2.75, 3.05) is 18.0 Å². The lowest BCUT2D eigenvalue weighted by atomic mass is 9.98. The van der Waals surface area contributed by atoms with Gasteiger partial charge in [0.1, 0.15) is 11.4 Å². The van der Waals surface area contributed by atoms with Crippen LogP contribution in [-0.4, -0.2) is 46.4 Å². The fourth-order valence-corrected chi connectivity index (χ4v) is 3.77. The summed E-state index contributed by atoms with van der Waals surface area (Å²) in [6.07, 6.45) is 4.97. The van der Waals surface area contributed by atoms with Crippen LogP contribution in [0.25, 0.3) is 0 Å². The first-order valence-electron chi connectivity index (χ1n) is 8.53. The van der Waals surface area contributed by atoms with Crippen LogP contribution in [0.15, 0.2) is 22.8 Å². The summed E-state index contributed by atoms with van der Waals surface area (Å²) in [5.41, 5.74) is -0.724. The molecule has 0 radical (unpaired) electrons. The number of pyridine rings is 1. The van der Waals surface area contributed by atoms with E-state index in [2.05, 4.69) is 26.2 Å². The lowest BCUT2D eigenvalue weighted by molar-refractivity contribution is -0.131. The Labute approximate surface area is 154 Å². The van der Waals surface area contributed by atoms with Crippen molar-refractivity contribution in [2.24, 2.45) is 0 Å². The number of hydrogen-bond donors (Lipinski definition) is 1. The van der Waals surface area contributed by atoms with E-state index in [0.29, 0.717) is 25.2 Å². The number of amides is 4. The quantitative estimate of drug-likeness (QED) is 0.758. The van der Waals surface area contributed by atoms with Gasteiger partial charge >= 0.3 is 6.03 Å². The Morgan fingerprint density at radius 2 is 2.08 bits per heavy atom. The minimum absolute atomic E-state index is 0.0842. The first kappa shape index (κ1) is 17.8. The third-order valence-electron chi connectivity index (χ3n) is 4.86. The van der Waals surface area contributed by atoms with E-state index in [0.717, 1.165) is 17.3 Å². The Balaban J connectivity index is 1.64. The number of anilines is 1. The third-order valence-corrected chi connectivity index (χ3v) is 5.33. The topological polar surface area (TPSA) is 82.6 Å². The zero-order valence-electron chi connectivity index (χ0n) is 14.1. The van der Waals surface area contributed by atoms with Crippen LogP contribution in [0.1, 0.15) is 39.0 Å². The van der Waals surface area contributed by atoms with E-state index in [1.54, 1.807) is 17.2 Å². The first-order valence-corrected chi connectivity index (χ1v) is 9.32. The molecule has 1 aromatic rings. The molecule has 2 aliphatic rings. The Morgan fingerprint density at radius 1 is 1.36 bits per heavy atom. The molecule has 1 spiro atoms. The Kier molecular flexibility index (Phi) is 5.08. The fraction of sp³-hybridized carbons (Fsp3) is 0.529.